The maximum absolute atomic E-state index is 11.6. The van der Waals surface area contributed by atoms with Gasteiger partial charge in [-0.25, -0.2) is 0 Å². The van der Waals surface area contributed by atoms with Gasteiger partial charge < -0.3 is 10.1 Å². The first-order valence-electron chi connectivity index (χ1n) is 7.05. The molecule has 0 aliphatic rings. The Morgan fingerprint density at radius 1 is 1.06 bits per heavy atom. The van der Waals surface area contributed by atoms with Crippen LogP contribution in [0.3, 0.4) is 0 Å². The Morgan fingerprint density at radius 3 is 1.83 bits per heavy atom. The molecule has 0 spiro atoms. The van der Waals surface area contributed by atoms with Crippen LogP contribution in [0, 0.1) is 11.8 Å². The summed E-state index contributed by atoms with van der Waals surface area (Å²) in [5.74, 6) is 1.11. The molecule has 0 aromatic carbocycles. The van der Waals surface area contributed by atoms with Crippen LogP contribution in [0.4, 0.5) is 0 Å². The van der Waals surface area contributed by atoms with Gasteiger partial charge in [-0.05, 0) is 45.4 Å². The first-order chi connectivity index (χ1) is 8.10. The normalized spacial score (nSPS) is 12.6. The van der Waals surface area contributed by atoms with Crippen LogP contribution in [0.1, 0.15) is 61.3 Å². The lowest BCUT2D eigenvalue weighted by molar-refractivity contribution is -0.153. The van der Waals surface area contributed by atoms with Gasteiger partial charge in [-0.1, -0.05) is 27.7 Å². The van der Waals surface area contributed by atoms with E-state index in [1.165, 1.54) is 0 Å². The molecule has 0 rings (SSSR count). The lowest BCUT2D eigenvalue weighted by Gasteiger charge is -2.24. The quantitative estimate of drug-likeness (QED) is 0.711. The molecule has 0 aromatic heterocycles. The third-order valence-corrected chi connectivity index (χ3v) is 2.47. The molecule has 0 amide bonds. The summed E-state index contributed by atoms with van der Waals surface area (Å²) in [4.78, 5) is 11.6. The van der Waals surface area contributed by atoms with Crippen LogP contribution in [-0.4, -0.2) is 24.2 Å². The molecule has 0 unspecified atom stereocenters. The van der Waals surface area contributed by atoms with Crippen LogP contribution >= 0.6 is 0 Å². The highest BCUT2D eigenvalue weighted by atomic mass is 16.6. The van der Waals surface area contributed by atoms with E-state index >= 15 is 0 Å². The highest BCUT2D eigenvalue weighted by Crippen LogP contribution is 2.13. The number of carbonyl (C=O) groups is 1. The minimum Gasteiger partial charge on any atom is -0.459 e. The molecular formula is C15H31NO2. The van der Waals surface area contributed by atoms with E-state index in [-0.39, 0.29) is 5.97 Å². The standard InChI is InChI=1S/C15H31NO2/c1-11(2)8-13(9-12(3)4)16-10-14(17)18-15(5,6)7/h11-13,16H,8-10H2,1-7H3. The number of esters is 1. The summed E-state index contributed by atoms with van der Waals surface area (Å²) < 4.78 is 5.30. The van der Waals surface area contributed by atoms with Crippen molar-refractivity contribution in [2.75, 3.05) is 6.54 Å². The number of hydrogen-bond acceptors (Lipinski definition) is 3. The predicted molar refractivity (Wildman–Crippen MR) is 76.5 cm³/mol. The van der Waals surface area contributed by atoms with Crippen molar-refractivity contribution in [2.24, 2.45) is 11.8 Å². The van der Waals surface area contributed by atoms with Gasteiger partial charge in [0, 0.05) is 6.04 Å². The Labute approximate surface area is 113 Å². The van der Waals surface area contributed by atoms with E-state index < -0.39 is 5.60 Å². The Hall–Kier alpha value is -0.570. The van der Waals surface area contributed by atoms with Crippen molar-refractivity contribution in [2.45, 2.75) is 73.0 Å². The molecule has 18 heavy (non-hydrogen) atoms. The lowest BCUT2D eigenvalue weighted by atomic mass is 9.96. The van der Waals surface area contributed by atoms with Gasteiger partial charge in [-0.15, -0.1) is 0 Å². The van der Waals surface area contributed by atoms with Crippen molar-refractivity contribution >= 4 is 5.97 Å². The average Bonchev–Trinajstić information content (AvgIpc) is 2.09. The molecule has 108 valence electrons. The second-order valence-electron chi connectivity index (χ2n) is 6.92. The van der Waals surface area contributed by atoms with E-state index in [0.717, 1.165) is 12.8 Å². The minimum absolute atomic E-state index is 0.167. The van der Waals surface area contributed by atoms with E-state index in [1.54, 1.807) is 0 Å². The van der Waals surface area contributed by atoms with Gasteiger partial charge in [0.1, 0.15) is 5.60 Å². The van der Waals surface area contributed by atoms with Gasteiger partial charge >= 0.3 is 5.97 Å². The molecule has 3 heteroatoms. The fourth-order valence-electron chi connectivity index (χ4n) is 2.01. The fraction of sp³-hybridized carbons (Fsp3) is 0.933. The van der Waals surface area contributed by atoms with E-state index in [0.29, 0.717) is 24.4 Å². The average molecular weight is 257 g/mol. The smallest absolute Gasteiger partial charge is 0.320 e. The molecule has 0 aliphatic heterocycles. The van der Waals surface area contributed by atoms with Crippen molar-refractivity contribution in [3.63, 3.8) is 0 Å². The Balaban J connectivity index is 4.13. The molecule has 0 heterocycles. The molecule has 0 fully saturated rings. The SMILES string of the molecule is CC(C)CC(CC(C)C)NCC(=O)OC(C)(C)C. The maximum atomic E-state index is 11.6. The monoisotopic (exact) mass is 257 g/mol. The highest BCUT2D eigenvalue weighted by Gasteiger charge is 2.18. The molecular weight excluding hydrogens is 226 g/mol. The maximum Gasteiger partial charge on any atom is 0.320 e. The molecule has 0 aromatic rings. The van der Waals surface area contributed by atoms with Crippen LogP contribution in [-0.2, 0) is 9.53 Å². The van der Waals surface area contributed by atoms with Gasteiger partial charge in [0.2, 0.25) is 0 Å². The summed E-state index contributed by atoms with van der Waals surface area (Å²) in [6, 6.07) is 0.400. The number of rotatable bonds is 7. The van der Waals surface area contributed by atoms with E-state index in [2.05, 4.69) is 33.0 Å². The van der Waals surface area contributed by atoms with Crippen molar-refractivity contribution in [3.05, 3.63) is 0 Å². The van der Waals surface area contributed by atoms with E-state index in [4.69, 9.17) is 4.74 Å². The molecule has 0 aliphatic carbocycles. The second-order valence-corrected chi connectivity index (χ2v) is 6.92. The largest absolute Gasteiger partial charge is 0.459 e. The molecule has 0 saturated heterocycles. The van der Waals surface area contributed by atoms with Crippen LogP contribution in [0.2, 0.25) is 0 Å². The Kier molecular flexibility index (Phi) is 7.53. The number of nitrogens with one attached hydrogen (secondary N) is 1. The highest BCUT2D eigenvalue weighted by molar-refractivity contribution is 5.72. The van der Waals surface area contributed by atoms with Crippen LogP contribution in [0.15, 0.2) is 0 Å². The molecule has 1 N–H and O–H groups in total. The third kappa shape index (κ3) is 10.6. The summed E-state index contributed by atoms with van der Waals surface area (Å²) in [6.45, 7) is 14.8. The fourth-order valence-corrected chi connectivity index (χ4v) is 2.01. The van der Waals surface area contributed by atoms with Crippen molar-refractivity contribution in [1.82, 2.24) is 5.32 Å². The second kappa shape index (κ2) is 7.78. The molecule has 0 atom stereocenters. The van der Waals surface area contributed by atoms with Crippen molar-refractivity contribution in [1.29, 1.82) is 0 Å². The Bertz CT molecular complexity index is 231. The number of carbonyl (C=O) groups excluding carboxylic acids is 1. The van der Waals surface area contributed by atoms with Gasteiger partial charge in [-0.2, -0.15) is 0 Å². The number of ether oxygens (including phenoxy) is 1. The summed E-state index contributed by atoms with van der Waals surface area (Å²) in [5.41, 5.74) is -0.398. The van der Waals surface area contributed by atoms with Crippen molar-refractivity contribution in [3.8, 4) is 0 Å². The zero-order valence-electron chi connectivity index (χ0n) is 13.2. The van der Waals surface area contributed by atoms with Crippen molar-refractivity contribution < 1.29 is 9.53 Å². The van der Waals surface area contributed by atoms with Gasteiger partial charge in [0.05, 0.1) is 6.54 Å². The van der Waals surface area contributed by atoms with Gasteiger partial charge in [0.15, 0.2) is 0 Å². The van der Waals surface area contributed by atoms with Crippen LogP contribution in [0.5, 0.6) is 0 Å². The summed E-state index contributed by atoms with van der Waals surface area (Å²) in [6.07, 6.45) is 2.20. The first kappa shape index (κ1) is 17.4. The van der Waals surface area contributed by atoms with E-state index in [9.17, 15) is 4.79 Å². The van der Waals surface area contributed by atoms with E-state index in [1.807, 2.05) is 20.8 Å². The zero-order valence-corrected chi connectivity index (χ0v) is 13.2. The summed E-state index contributed by atoms with van der Waals surface area (Å²) in [5, 5.41) is 3.33. The van der Waals surface area contributed by atoms with Crippen LogP contribution < -0.4 is 5.32 Å². The lowest BCUT2D eigenvalue weighted by Crippen LogP contribution is -2.38. The van der Waals surface area contributed by atoms with Gasteiger partial charge in [0.25, 0.3) is 0 Å². The van der Waals surface area contributed by atoms with Crippen LogP contribution in [0.25, 0.3) is 0 Å². The zero-order chi connectivity index (χ0) is 14.3. The third-order valence-electron chi connectivity index (χ3n) is 2.47. The summed E-state index contributed by atoms with van der Waals surface area (Å²) in [7, 11) is 0. The number of hydrogen-bond donors (Lipinski definition) is 1. The molecule has 0 saturated carbocycles. The molecule has 0 radical (unpaired) electrons. The predicted octanol–water partition coefficient (Wildman–Crippen LogP) is 3.38. The molecule has 3 nitrogen and oxygen atoms in total. The Morgan fingerprint density at radius 2 is 1.50 bits per heavy atom. The first-order valence-corrected chi connectivity index (χ1v) is 7.05. The minimum atomic E-state index is -0.398. The topological polar surface area (TPSA) is 38.3 Å². The summed E-state index contributed by atoms with van der Waals surface area (Å²) >= 11 is 0. The molecule has 0 bridgehead atoms. The van der Waals surface area contributed by atoms with Gasteiger partial charge in [-0.3, -0.25) is 4.79 Å².